The fraction of sp³-hybridized carbons (Fsp3) is 0.360. The summed E-state index contributed by atoms with van der Waals surface area (Å²) >= 11 is 0. The molecule has 164 valence electrons. The smallest absolute Gasteiger partial charge is 0.295 e. The number of methoxy groups -OCH3 is 1. The molecular formula is C25H29NO5. The Balaban J connectivity index is 2.18. The fourth-order valence-corrected chi connectivity index (χ4v) is 3.93. The fourth-order valence-electron chi connectivity index (χ4n) is 3.93. The number of carbonyl (C=O) groups excluding carboxylic acids is 2. The molecule has 0 spiro atoms. The lowest BCUT2D eigenvalue weighted by molar-refractivity contribution is -0.139. The van der Waals surface area contributed by atoms with E-state index in [1.165, 1.54) is 17.0 Å². The van der Waals surface area contributed by atoms with Crippen LogP contribution in [0.3, 0.4) is 0 Å². The van der Waals surface area contributed by atoms with E-state index in [0.29, 0.717) is 23.4 Å². The summed E-state index contributed by atoms with van der Waals surface area (Å²) in [4.78, 5) is 27.4. The lowest BCUT2D eigenvalue weighted by atomic mass is 9.93. The molecule has 1 unspecified atom stereocenters. The van der Waals surface area contributed by atoms with E-state index in [0.717, 1.165) is 18.4 Å². The summed E-state index contributed by atoms with van der Waals surface area (Å²) in [6.45, 7) is 6.45. The molecule has 1 aliphatic rings. The maximum Gasteiger partial charge on any atom is 0.295 e. The zero-order valence-electron chi connectivity index (χ0n) is 18.4. The zero-order chi connectivity index (χ0) is 22.7. The summed E-state index contributed by atoms with van der Waals surface area (Å²) < 4.78 is 5.42. The second kappa shape index (κ2) is 9.25. The van der Waals surface area contributed by atoms with E-state index in [9.17, 15) is 19.8 Å². The van der Waals surface area contributed by atoms with E-state index >= 15 is 0 Å². The van der Waals surface area contributed by atoms with E-state index in [2.05, 4.69) is 0 Å². The molecule has 3 rings (SSSR count). The first-order chi connectivity index (χ1) is 14.8. The molecule has 6 heteroatoms. The van der Waals surface area contributed by atoms with Crippen LogP contribution in [-0.2, 0) is 9.59 Å². The number of hydrogen-bond donors (Lipinski definition) is 2. The van der Waals surface area contributed by atoms with E-state index in [-0.39, 0.29) is 23.0 Å². The van der Waals surface area contributed by atoms with Crippen molar-refractivity contribution in [3.8, 4) is 11.5 Å². The van der Waals surface area contributed by atoms with Crippen LogP contribution < -0.4 is 4.74 Å². The number of likely N-dealkylation sites (tertiary alicyclic amines) is 1. The van der Waals surface area contributed by atoms with E-state index in [1.807, 2.05) is 20.8 Å². The number of Topliss-reactive ketones (excluding diaryl/α,β-unsaturated/α-hetero) is 1. The number of hydrogen-bond acceptors (Lipinski definition) is 5. The largest absolute Gasteiger partial charge is 0.508 e. The molecule has 2 aromatic rings. The van der Waals surface area contributed by atoms with Crippen molar-refractivity contribution in [3.05, 3.63) is 64.7 Å². The monoisotopic (exact) mass is 423 g/mol. The number of unbranched alkanes of at least 4 members (excludes halogenated alkanes) is 1. The Labute approximate surface area is 182 Å². The highest BCUT2D eigenvalue weighted by Crippen LogP contribution is 2.40. The number of aliphatic hydroxyl groups excluding tert-OH is 1. The summed E-state index contributed by atoms with van der Waals surface area (Å²) in [5.41, 5.74) is 2.08. The molecule has 0 saturated carbocycles. The molecule has 1 fully saturated rings. The van der Waals surface area contributed by atoms with Crippen LogP contribution in [0.1, 0.15) is 62.3 Å². The van der Waals surface area contributed by atoms with Crippen LogP contribution in [0.2, 0.25) is 0 Å². The van der Waals surface area contributed by atoms with Gasteiger partial charge in [-0.1, -0.05) is 39.3 Å². The van der Waals surface area contributed by atoms with Crippen molar-refractivity contribution in [2.24, 2.45) is 0 Å². The Hall–Kier alpha value is -3.28. The summed E-state index contributed by atoms with van der Waals surface area (Å²) in [7, 11) is 1.59. The van der Waals surface area contributed by atoms with Crippen LogP contribution in [0.15, 0.2) is 48.0 Å². The number of carbonyl (C=O) groups is 2. The third-order valence-corrected chi connectivity index (χ3v) is 5.63. The molecule has 2 aromatic carbocycles. The lowest BCUT2D eigenvalue weighted by Crippen LogP contribution is -2.30. The van der Waals surface area contributed by atoms with Gasteiger partial charge in [-0.25, -0.2) is 0 Å². The standard InChI is InChI=1S/C25H29NO5/c1-5-6-13-26-22(16-7-10-18(27)11-8-16)21(24(29)25(26)30)23(28)17-9-12-20(31-4)19(14-17)15(2)3/h7-12,14-15,22,27-28H,5-6,13H2,1-4H3/b23-21-. The van der Waals surface area contributed by atoms with Crippen molar-refractivity contribution in [2.45, 2.75) is 45.6 Å². The van der Waals surface area contributed by atoms with Gasteiger partial charge in [0, 0.05) is 12.1 Å². The molecule has 1 aliphatic heterocycles. The van der Waals surface area contributed by atoms with Gasteiger partial charge in [-0.2, -0.15) is 0 Å². The van der Waals surface area contributed by atoms with Gasteiger partial charge in [0.1, 0.15) is 17.3 Å². The van der Waals surface area contributed by atoms with Crippen LogP contribution in [0, 0.1) is 0 Å². The van der Waals surface area contributed by atoms with Crippen molar-refractivity contribution < 1.29 is 24.5 Å². The number of aromatic hydroxyl groups is 1. The number of nitrogens with zero attached hydrogens (tertiary/aromatic N) is 1. The highest BCUT2D eigenvalue weighted by atomic mass is 16.5. The number of phenols is 1. The summed E-state index contributed by atoms with van der Waals surface area (Å²) in [6, 6.07) is 10.9. The van der Waals surface area contributed by atoms with Crippen molar-refractivity contribution >= 4 is 17.4 Å². The Morgan fingerprint density at radius 3 is 2.39 bits per heavy atom. The quantitative estimate of drug-likeness (QED) is 0.381. The van der Waals surface area contributed by atoms with Crippen LogP contribution in [0.4, 0.5) is 0 Å². The Kier molecular flexibility index (Phi) is 6.68. The molecule has 0 radical (unpaired) electrons. The van der Waals surface area contributed by atoms with Crippen LogP contribution >= 0.6 is 0 Å². The highest BCUT2D eigenvalue weighted by molar-refractivity contribution is 6.46. The minimum atomic E-state index is -0.711. The predicted molar refractivity (Wildman–Crippen MR) is 119 cm³/mol. The highest BCUT2D eigenvalue weighted by Gasteiger charge is 2.45. The second-order valence-electron chi connectivity index (χ2n) is 8.05. The predicted octanol–water partition coefficient (Wildman–Crippen LogP) is 4.75. The lowest BCUT2D eigenvalue weighted by Gasteiger charge is -2.25. The number of aliphatic hydroxyl groups is 1. The van der Waals surface area contributed by atoms with Crippen LogP contribution in [0.25, 0.3) is 5.76 Å². The Bertz CT molecular complexity index is 1010. The van der Waals surface area contributed by atoms with E-state index < -0.39 is 17.7 Å². The number of amides is 1. The molecule has 0 aromatic heterocycles. The van der Waals surface area contributed by atoms with Gasteiger partial charge < -0.3 is 19.8 Å². The normalized spacial score (nSPS) is 18.1. The Morgan fingerprint density at radius 1 is 1.13 bits per heavy atom. The third-order valence-electron chi connectivity index (χ3n) is 5.63. The Morgan fingerprint density at radius 2 is 1.81 bits per heavy atom. The maximum absolute atomic E-state index is 13.0. The molecule has 1 atom stereocenters. The molecule has 1 saturated heterocycles. The van der Waals surface area contributed by atoms with Crippen molar-refractivity contribution in [1.82, 2.24) is 4.90 Å². The van der Waals surface area contributed by atoms with Crippen molar-refractivity contribution in [2.75, 3.05) is 13.7 Å². The zero-order valence-corrected chi connectivity index (χ0v) is 18.4. The summed E-state index contributed by atoms with van der Waals surface area (Å²) in [6.07, 6.45) is 1.60. The number of rotatable bonds is 7. The number of ketones is 1. The number of benzene rings is 2. The van der Waals surface area contributed by atoms with Gasteiger partial charge in [0.05, 0.1) is 18.7 Å². The first kappa shape index (κ1) is 22.4. The SMILES string of the molecule is CCCCN1C(=O)C(=O)/C(=C(\O)c2ccc(OC)c(C(C)C)c2)C1c1ccc(O)cc1. The molecule has 6 nitrogen and oxygen atoms in total. The van der Waals surface area contributed by atoms with Gasteiger partial charge in [-0.05, 0) is 53.8 Å². The maximum atomic E-state index is 13.0. The van der Waals surface area contributed by atoms with Gasteiger partial charge in [0.15, 0.2) is 0 Å². The molecule has 1 heterocycles. The first-order valence-corrected chi connectivity index (χ1v) is 10.6. The van der Waals surface area contributed by atoms with Crippen LogP contribution in [-0.4, -0.2) is 40.5 Å². The minimum absolute atomic E-state index is 0.0617. The van der Waals surface area contributed by atoms with Gasteiger partial charge >= 0.3 is 0 Å². The molecule has 31 heavy (non-hydrogen) atoms. The first-order valence-electron chi connectivity index (χ1n) is 10.6. The molecule has 2 N–H and O–H groups in total. The third kappa shape index (κ3) is 4.29. The molecule has 0 aliphatic carbocycles. The topological polar surface area (TPSA) is 87.1 Å². The number of phenolic OH excluding ortho intramolecular Hbond substituents is 1. The minimum Gasteiger partial charge on any atom is -0.508 e. The van der Waals surface area contributed by atoms with E-state index in [4.69, 9.17) is 4.74 Å². The van der Waals surface area contributed by atoms with Gasteiger partial charge in [0.25, 0.3) is 11.7 Å². The number of ether oxygens (including phenoxy) is 1. The van der Waals surface area contributed by atoms with Gasteiger partial charge in [0.2, 0.25) is 0 Å². The van der Waals surface area contributed by atoms with Gasteiger partial charge in [-0.15, -0.1) is 0 Å². The molecular weight excluding hydrogens is 394 g/mol. The second-order valence-corrected chi connectivity index (χ2v) is 8.05. The average molecular weight is 424 g/mol. The van der Waals surface area contributed by atoms with Crippen molar-refractivity contribution in [1.29, 1.82) is 0 Å². The van der Waals surface area contributed by atoms with Gasteiger partial charge in [-0.3, -0.25) is 9.59 Å². The van der Waals surface area contributed by atoms with Crippen molar-refractivity contribution in [3.63, 3.8) is 0 Å². The molecule has 1 amide bonds. The summed E-state index contributed by atoms with van der Waals surface area (Å²) in [5.74, 6) is -0.599. The van der Waals surface area contributed by atoms with E-state index in [1.54, 1.807) is 37.4 Å². The average Bonchev–Trinajstić information content (AvgIpc) is 3.01. The van der Waals surface area contributed by atoms with Crippen LogP contribution in [0.5, 0.6) is 11.5 Å². The molecule has 0 bridgehead atoms. The summed E-state index contributed by atoms with van der Waals surface area (Å²) in [5, 5.41) is 20.9.